The zero-order chi connectivity index (χ0) is 31.4. The molecule has 0 saturated heterocycles. The van der Waals surface area contributed by atoms with Gasteiger partial charge in [-0.3, -0.25) is 0 Å². The van der Waals surface area contributed by atoms with Gasteiger partial charge < -0.3 is 33.8 Å². The van der Waals surface area contributed by atoms with E-state index in [0.717, 1.165) is 28.2 Å². The lowest BCUT2D eigenvalue weighted by molar-refractivity contribution is 0.145. The maximum Gasteiger partial charge on any atom is 0.407 e. The first-order chi connectivity index (χ1) is 21.9. The van der Waals surface area contributed by atoms with Crippen LogP contribution in [0.15, 0.2) is 112 Å². The minimum Gasteiger partial charge on any atom is -0.467 e. The van der Waals surface area contributed by atoms with Crippen LogP contribution in [0, 0.1) is 13.8 Å². The van der Waals surface area contributed by atoms with Gasteiger partial charge in [-0.05, 0) is 96.8 Å². The van der Waals surface area contributed by atoms with Crippen molar-refractivity contribution in [3.05, 3.63) is 137 Å². The molecule has 9 nitrogen and oxygen atoms in total. The first-order valence-corrected chi connectivity index (χ1v) is 14.9. The van der Waals surface area contributed by atoms with Crippen LogP contribution in [-0.2, 0) is 35.4 Å². The van der Waals surface area contributed by atoms with Crippen LogP contribution in [0.5, 0.6) is 0 Å². The molecule has 0 spiro atoms. The molecule has 0 aliphatic rings. The van der Waals surface area contributed by atoms with Crippen molar-refractivity contribution in [2.75, 3.05) is 18.1 Å². The number of carbonyl (C=O) groups excluding carboxylic acids is 2. The Morgan fingerprint density at radius 2 is 1.09 bits per heavy atom. The molecule has 0 aliphatic heterocycles. The van der Waals surface area contributed by atoms with Crippen LogP contribution in [0.25, 0.3) is 0 Å². The van der Waals surface area contributed by atoms with E-state index >= 15 is 0 Å². The summed E-state index contributed by atoms with van der Waals surface area (Å²) in [6.45, 7) is 5.31. The third-order valence-electron chi connectivity index (χ3n) is 7.36. The molecular weight excluding hydrogens is 570 g/mol. The van der Waals surface area contributed by atoms with Gasteiger partial charge in [0.25, 0.3) is 0 Å². The van der Waals surface area contributed by atoms with Gasteiger partial charge in [0.15, 0.2) is 0 Å². The smallest absolute Gasteiger partial charge is 0.407 e. The van der Waals surface area contributed by atoms with Crippen LogP contribution in [0.4, 0.5) is 26.7 Å². The van der Waals surface area contributed by atoms with Crippen LogP contribution in [-0.4, -0.2) is 25.4 Å². The molecule has 2 amide bonds. The van der Waals surface area contributed by atoms with Gasteiger partial charge in [0, 0.05) is 29.9 Å². The van der Waals surface area contributed by atoms with Gasteiger partial charge in [-0.15, -0.1) is 0 Å². The fourth-order valence-corrected chi connectivity index (χ4v) is 4.71. The van der Waals surface area contributed by atoms with E-state index in [1.807, 2.05) is 0 Å². The summed E-state index contributed by atoms with van der Waals surface area (Å²) >= 11 is 0. The minimum atomic E-state index is -0.479. The van der Waals surface area contributed by atoms with E-state index in [1.165, 1.54) is 11.1 Å². The van der Waals surface area contributed by atoms with Gasteiger partial charge in [0.05, 0.1) is 38.8 Å². The number of nitrogens with zero attached hydrogens (tertiary/aromatic N) is 1. The SMILES string of the molecule is Cc1ccc(N(c2ccc(CCOC(=O)NCc3ccco3)cc2)c2ccc(CCOC(=O)NCc3ccco3)cc2)cc1C. The van der Waals surface area contributed by atoms with Gasteiger partial charge in [0.1, 0.15) is 11.5 Å². The largest absolute Gasteiger partial charge is 0.467 e. The summed E-state index contributed by atoms with van der Waals surface area (Å²) in [6.07, 6.45) is 3.36. The van der Waals surface area contributed by atoms with E-state index < -0.39 is 12.2 Å². The average molecular weight is 608 g/mol. The highest BCUT2D eigenvalue weighted by Gasteiger charge is 2.14. The molecular formula is C36H37N3O6. The molecule has 2 aromatic heterocycles. The Labute approximate surface area is 262 Å². The molecule has 3 aromatic carbocycles. The molecule has 0 radical (unpaired) electrons. The molecule has 0 atom stereocenters. The number of furan rings is 2. The molecule has 2 heterocycles. The lowest BCUT2D eigenvalue weighted by atomic mass is 10.1. The van der Waals surface area contributed by atoms with Gasteiger partial charge in [0.2, 0.25) is 0 Å². The molecule has 5 rings (SSSR count). The molecule has 9 heteroatoms. The van der Waals surface area contributed by atoms with E-state index in [9.17, 15) is 9.59 Å². The van der Waals surface area contributed by atoms with Gasteiger partial charge >= 0.3 is 12.2 Å². The predicted molar refractivity (Wildman–Crippen MR) is 172 cm³/mol. The molecule has 0 fully saturated rings. The summed E-state index contributed by atoms with van der Waals surface area (Å²) in [5.41, 5.74) is 7.60. The Balaban J connectivity index is 1.19. The second-order valence-corrected chi connectivity index (χ2v) is 10.6. The number of anilines is 3. The Kier molecular flexibility index (Phi) is 10.6. The summed E-state index contributed by atoms with van der Waals surface area (Å²) in [7, 11) is 0. The highest BCUT2D eigenvalue weighted by atomic mass is 16.6. The topological polar surface area (TPSA) is 106 Å². The van der Waals surface area contributed by atoms with Crippen molar-refractivity contribution in [2.45, 2.75) is 39.8 Å². The summed E-state index contributed by atoms with van der Waals surface area (Å²) in [4.78, 5) is 26.2. The van der Waals surface area contributed by atoms with Gasteiger partial charge in [-0.1, -0.05) is 30.3 Å². The zero-order valence-corrected chi connectivity index (χ0v) is 25.5. The Hall–Kier alpha value is -5.44. The van der Waals surface area contributed by atoms with Crippen LogP contribution < -0.4 is 15.5 Å². The number of nitrogens with one attached hydrogen (secondary N) is 2. The van der Waals surface area contributed by atoms with Gasteiger partial charge in [-0.25, -0.2) is 9.59 Å². The van der Waals surface area contributed by atoms with Crippen molar-refractivity contribution in [2.24, 2.45) is 0 Å². The quantitative estimate of drug-likeness (QED) is 0.140. The van der Waals surface area contributed by atoms with Crippen molar-refractivity contribution < 1.29 is 27.9 Å². The molecule has 0 aliphatic carbocycles. The Morgan fingerprint density at radius 3 is 1.51 bits per heavy atom. The maximum absolute atomic E-state index is 12.0. The van der Waals surface area contributed by atoms with Crippen LogP contribution >= 0.6 is 0 Å². The zero-order valence-electron chi connectivity index (χ0n) is 25.5. The molecule has 0 saturated carbocycles. The number of carbonyl (C=O) groups is 2. The lowest BCUT2D eigenvalue weighted by Crippen LogP contribution is -2.24. The second-order valence-electron chi connectivity index (χ2n) is 10.6. The molecule has 45 heavy (non-hydrogen) atoms. The number of rotatable bonds is 13. The normalized spacial score (nSPS) is 10.7. The van der Waals surface area contributed by atoms with E-state index in [-0.39, 0.29) is 26.3 Å². The molecule has 0 bridgehead atoms. The van der Waals surface area contributed by atoms with E-state index in [2.05, 4.69) is 96.1 Å². The number of benzene rings is 3. The van der Waals surface area contributed by atoms with Crippen molar-refractivity contribution in [3.63, 3.8) is 0 Å². The molecule has 2 N–H and O–H groups in total. The van der Waals surface area contributed by atoms with Crippen LogP contribution in [0.2, 0.25) is 0 Å². The summed E-state index contributed by atoms with van der Waals surface area (Å²) in [5, 5.41) is 5.36. The Morgan fingerprint density at radius 1 is 0.622 bits per heavy atom. The average Bonchev–Trinajstić information content (AvgIpc) is 3.77. The fourth-order valence-electron chi connectivity index (χ4n) is 4.71. The third kappa shape index (κ3) is 9.03. The monoisotopic (exact) mass is 607 g/mol. The van der Waals surface area contributed by atoms with Crippen molar-refractivity contribution in [1.29, 1.82) is 0 Å². The van der Waals surface area contributed by atoms with Crippen molar-refractivity contribution in [1.82, 2.24) is 10.6 Å². The lowest BCUT2D eigenvalue weighted by Gasteiger charge is -2.26. The van der Waals surface area contributed by atoms with E-state index in [1.54, 1.807) is 36.8 Å². The molecule has 5 aromatic rings. The number of hydrogen-bond acceptors (Lipinski definition) is 7. The van der Waals surface area contributed by atoms with Crippen LogP contribution in [0.1, 0.15) is 33.8 Å². The first-order valence-electron chi connectivity index (χ1n) is 14.9. The van der Waals surface area contributed by atoms with E-state index in [0.29, 0.717) is 24.4 Å². The van der Waals surface area contributed by atoms with Gasteiger partial charge in [-0.2, -0.15) is 0 Å². The predicted octanol–water partition coefficient (Wildman–Crippen LogP) is 7.90. The third-order valence-corrected chi connectivity index (χ3v) is 7.36. The number of ether oxygens (including phenoxy) is 2. The minimum absolute atomic E-state index is 0.265. The number of aryl methyl sites for hydroxylation is 2. The van der Waals surface area contributed by atoms with Crippen molar-refractivity contribution in [3.8, 4) is 0 Å². The second kappa shape index (κ2) is 15.3. The number of amides is 2. The summed E-state index contributed by atoms with van der Waals surface area (Å²) in [6, 6.07) is 30.1. The summed E-state index contributed by atoms with van der Waals surface area (Å²) in [5.74, 6) is 1.34. The van der Waals surface area contributed by atoms with E-state index in [4.69, 9.17) is 18.3 Å². The van der Waals surface area contributed by atoms with Crippen molar-refractivity contribution >= 4 is 29.2 Å². The standard InChI is InChI=1S/C36H37N3O6/c1-26-7-12-32(23-27(26)2)39(30-13-8-28(9-14-30)17-21-44-35(40)37-24-33-5-3-19-42-33)31-15-10-29(11-16-31)18-22-45-36(41)38-25-34-6-4-20-43-34/h3-16,19-20,23H,17-18,21-22,24-25H2,1-2H3,(H,37,40)(H,38,41). The van der Waals surface area contributed by atoms with Crippen LogP contribution in [0.3, 0.4) is 0 Å². The summed E-state index contributed by atoms with van der Waals surface area (Å²) < 4.78 is 21.1. The maximum atomic E-state index is 12.0. The highest BCUT2D eigenvalue weighted by Crippen LogP contribution is 2.35. The Bertz CT molecular complexity index is 1550. The highest BCUT2D eigenvalue weighted by molar-refractivity contribution is 5.77. The molecule has 0 unspecified atom stereocenters. The number of alkyl carbamates (subject to hydrolysis) is 2. The fraction of sp³-hybridized carbons (Fsp3) is 0.222. The number of hydrogen-bond donors (Lipinski definition) is 2. The molecule has 232 valence electrons. The first kappa shape index (κ1) is 31.0.